The zero-order valence-electron chi connectivity index (χ0n) is 12.1. The van der Waals surface area contributed by atoms with Crippen LogP contribution in [0.5, 0.6) is 0 Å². The molecule has 0 aliphatic carbocycles. The molecular formula is C15H21N5. The average Bonchev–Trinajstić information content (AvgIpc) is 2.59. The van der Waals surface area contributed by atoms with Gasteiger partial charge in [0, 0.05) is 19.1 Å². The lowest BCUT2D eigenvalue weighted by atomic mass is 10.2. The van der Waals surface area contributed by atoms with Crippen LogP contribution in [0, 0.1) is 0 Å². The van der Waals surface area contributed by atoms with Crippen molar-refractivity contribution in [3.63, 3.8) is 0 Å². The summed E-state index contributed by atoms with van der Waals surface area (Å²) in [6.07, 6.45) is 1.12. The number of hydrogen-bond acceptors (Lipinski definition) is 5. The first kappa shape index (κ1) is 13.1. The Labute approximate surface area is 119 Å². The summed E-state index contributed by atoms with van der Waals surface area (Å²) < 4.78 is 0. The van der Waals surface area contributed by atoms with E-state index >= 15 is 0 Å². The number of likely N-dealkylation sites (N-methyl/N-ethyl adjacent to an activating group) is 1. The molecule has 2 aromatic rings. The highest BCUT2D eigenvalue weighted by atomic mass is 15.3. The van der Waals surface area contributed by atoms with Crippen molar-refractivity contribution in [3.05, 3.63) is 24.3 Å². The van der Waals surface area contributed by atoms with Crippen molar-refractivity contribution in [2.75, 3.05) is 37.3 Å². The maximum atomic E-state index is 6.14. The first-order valence-electron chi connectivity index (χ1n) is 7.12. The van der Waals surface area contributed by atoms with E-state index in [9.17, 15) is 0 Å². The minimum absolute atomic E-state index is 0.389. The van der Waals surface area contributed by atoms with E-state index in [0.29, 0.717) is 11.9 Å². The van der Waals surface area contributed by atoms with Crippen LogP contribution in [0.25, 0.3) is 11.0 Å². The normalized spacial score (nSPS) is 21.1. The summed E-state index contributed by atoms with van der Waals surface area (Å²) in [5, 5.41) is 0. The van der Waals surface area contributed by atoms with E-state index in [-0.39, 0.29) is 0 Å². The molecule has 1 fully saturated rings. The molecule has 0 saturated carbocycles. The van der Waals surface area contributed by atoms with Crippen LogP contribution in [0.3, 0.4) is 0 Å². The number of benzene rings is 1. The number of rotatable bonds is 1. The van der Waals surface area contributed by atoms with E-state index in [1.165, 1.54) is 0 Å². The van der Waals surface area contributed by atoms with E-state index < -0.39 is 0 Å². The number of para-hydroxylation sites is 2. The van der Waals surface area contributed by atoms with Gasteiger partial charge in [-0.2, -0.15) is 0 Å². The second-order valence-electron chi connectivity index (χ2n) is 5.58. The number of nitrogen functional groups attached to an aromatic ring is 1. The Kier molecular flexibility index (Phi) is 3.44. The van der Waals surface area contributed by atoms with Crippen LogP contribution >= 0.6 is 0 Å². The third-order valence-electron chi connectivity index (χ3n) is 3.90. The summed E-state index contributed by atoms with van der Waals surface area (Å²) in [6.45, 7) is 5.33. The van der Waals surface area contributed by atoms with Gasteiger partial charge in [-0.3, -0.25) is 0 Å². The molecule has 1 unspecified atom stereocenters. The molecular weight excluding hydrogens is 250 g/mol. The van der Waals surface area contributed by atoms with Gasteiger partial charge in [0.05, 0.1) is 11.0 Å². The summed E-state index contributed by atoms with van der Waals surface area (Å²) in [7, 11) is 2.16. The van der Waals surface area contributed by atoms with Crippen molar-refractivity contribution < 1.29 is 0 Å². The Hall–Kier alpha value is -1.88. The van der Waals surface area contributed by atoms with Crippen LogP contribution in [0.2, 0.25) is 0 Å². The van der Waals surface area contributed by atoms with Gasteiger partial charge in [-0.15, -0.1) is 0 Å². The SMILES string of the molecule is CC1CN(C)CCCN1c1nc2ccccc2nc1N. The molecule has 106 valence electrons. The standard InChI is InChI=1S/C15H21N5/c1-11-10-19(2)8-5-9-20(11)15-14(16)17-12-6-3-4-7-13(12)18-15/h3-4,6-7,11H,5,8-10H2,1-2H3,(H2,16,17). The largest absolute Gasteiger partial charge is 0.381 e. The van der Waals surface area contributed by atoms with Gasteiger partial charge in [0.25, 0.3) is 0 Å². The van der Waals surface area contributed by atoms with Crippen LogP contribution < -0.4 is 10.6 Å². The molecule has 1 atom stereocenters. The van der Waals surface area contributed by atoms with Crippen LogP contribution in [-0.2, 0) is 0 Å². The highest BCUT2D eigenvalue weighted by molar-refractivity contribution is 5.79. The molecule has 0 amide bonds. The number of anilines is 2. The number of fused-ring (bicyclic) bond motifs is 1. The van der Waals surface area contributed by atoms with Crippen molar-refractivity contribution >= 4 is 22.7 Å². The van der Waals surface area contributed by atoms with Crippen molar-refractivity contribution in [1.82, 2.24) is 14.9 Å². The Morgan fingerprint density at radius 1 is 1.15 bits per heavy atom. The van der Waals surface area contributed by atoms with E-state index in [4.69, 9.17) is 10.7 Å². The predicted molar refractivity (Wildman–Crippen MR) is 82.9 cm³/mol. The summed E-state index contributed by atoms with van der Waals surface area (Å²) >= 11 is 0. The molecule has 1 aromatic heterocycles. The molecule has 1 aliphatic heterocycles. The van der Waals surface area contributed by atoms with E-state index in [1.807, 2.05) is 24.3 Å². The second-order valence-corrected chi connectivity index (χ2v) is 5.58. The lowest BCUT2D eigenvalue weighted by Crippen LogP contribution is -2.39. The molecule has 20 heavy (non-hydrogen) atoms. The van der Waals surface area contributed by atoms with Gasteiger partial charge in [-0.25, -0.2) is 9.97 Å². The topological polar surface area (TPSA) is 58.3 Å². The molecule has 1 aromatic carbocycles. The zero-order chi connectivity index (χ0) is 14.1. The van der Waals surface area contributed by atoms with Gasteiger partial charge in [0.15, 0.2) is 11.6 Å². The smallest absolute Gasteiger partial charge is 0.172 e. The molecule has 0 spiro atoms. The van der Waals surface area contributed by atoms with Gasteiger partial charge < -0.3 is 15.5 Å². The lowest BCUT2D eigenvalue weighted by molar-refractivity contribution is 0.337. The summed E-state index contributed by atoms with van der Waals surface area (Å²) in [6, 6.07) is 8.26. The Morgan fingerprint density at radius 2 is 1.85 bits per heavy atom. The number of nitrogens with zero attached hydrogens (tertiary/aromatic N) is 4. The maximum absolute atomic E-state index is 6.14. The van der Waals surface area contributed by atoms with Crippen LogP contribution in [-0.4, -0.2) is 47.6 Å². The van der Waals surface area contributed by atoms with Crippen molar-refractivity contribution in [3.8, 4) is 0 Å². The van der Waals surface area contributed by atoms with Crippen LogP contribution in [0.4, 0.5) is 11.6 Å². The molecule has 0 radical (unpaired) electrons. The van der Waals surface area contributed by atoms with Crippen molar-refractivity contribution in [2.24, 2.45) is 0 Å². The fraction of sp³-hybridized carbons (Fsp3) is 0.467. The minimum Gasteiger partial charge on any atom is -0.381 e. The van der Waals surface area contributed by atoms with Crippen molar-refractivity contribution in [1.29, 1.82) is 0 Å². The molecule has 3 rings (SSSR count). The molecule has 0 bridgehead atoms. The van der Waals surface area contributed by atoms with E-state index in [0.717, 1.165) is 42.9 Å². The monoisotopic (exact) mass is 271 g/mol. The highest BCUT2D eigenvalue weighted by Crippen LogP contribution is 2.25. The number of hydrogen-bond donors (Lipinski definition) is 1. The summed E-state index contributed by atoms with van der Waals surface area (Å²) in [4.78, 5) is 13.9. The Balaban J connectivity index is 2.02. The molecule has 5 nitrogen and oxygen atoms in total. The number of aromatic nitrogens is 2. The highest BCUT2D eigenvalue weighted by Gasteiger charge is 2.23. The van der Waals surface area contributed by atoms with Gasteiger partial charge in [0.1, 0.15) is 0 Å². The summed E-state index contributed by atoms with van der Waals surface area (Å²) in [5.74, 6) is 1.35. The van der Waals surface area contributed by atoms with Crippen molar-refractivity contribution in [2.45, 2.75) is 19.4 Å². The van der Waals surface area contributed by atoms with E-state index in [2.05, 4.69) is 28.8 Å². The van der Waals surface area contributed by atoms with E-state index in [1.54, 1.807) is 0 Å². The summed E-state index contributed by atoms with van der Waals surface area (Å²) in [5.41, 5.74) is 7.90. The maximum Gasteiger partial charge on any atom is 0.172 e. The number of nitrogens with two attached hydrogens (primary N) is 1. The average molecular weight is 271 g/mol. The Morgan fingerprint density at radius 3 is 2.60 bits per heavy atom. The molecule has 2 N–H and O–H groups in total. The van der Waals surface area contributed by atoms with Gasteiger partial charge in [0.2, 0.25) is 0 Å². The molecule has 1 saturated heterocycles. The molecule has 5 heteroatoms. The zero-order valence-corrected chi connectivity index (χ0v) is 12.1. The minimum atomic E-state index is 0.389. The third-order valence-corrected chi connectivity index (χ3v) is 3.90. The first-order valence-corrected chi connectivity index (χ1v) is 7.12. The fourth-order valence-corrected chi connectivity index (χ4v) is 2.90. The molecule has 1 aliphatic rings. The van der Waals surface area contributed by atoms with Crippen LogP contribution in [0.15, 0.2) is 24.3 Å². The van der Waals surface area contributed by atoms with Gasteiger partial charge in [-0.1, -0.05) is 12.1 Å². The predicted octanol–water partition coefficient (Wildman–Crippen LogP) is 1.74. The lowest BCUT2D eigenvalue weighted by Gasteiger charge is -2.29. The Bertz CT molecular complexity index is 612. The van der Waals surface area contributed by atoms with Crippen LogP contribution in [0.1, 0.15) is 13.3 Å². The quantitative estimate of drug-likeness (QED) is 0.856. The third kappa shape index (κ3) is 2.41. The first-order chi connectivity index (χ1) is 9.65. The van der Waals surface area contributed by atoms with Gasteiger partial charge >= 0.3 is 0 Å². The van der Waals surface area contributed by atoms with Gasteiger partial charge in [-0.05, 0) is 39.1 Å². The second kappa shape index (κ2) is 5.25. The fourth-order valence-electron chi connectivity index (χ4n) is 2.90. The molecule has 2 heterocycles.